The van der Waals surface area contributed by atoms with Crippen molar-refractivity contribution in [2.45, 2.75) is 27.7 Å². The van der Waals surface area contributed by atoms with E-state index in [0.29, 0.717) is 19.8 Å². The van der Waals surface area contributed by atoms with E-state index in [1.807, 2.05) is 20.8 Å². The third-order valence-electron chi connectivity index (χ3n) is 3.53. The molecular formula is C17H26O5S2Si. The Bertz CT molecular complexity index is 724. The van der Waals surface area contributed by atoms with E-state index in [0.717, 1.165) is 5.19 Å². The summed E-state index contributed by atoms with van der Waals surface area (Å²) < 4.78 is 34.4. The molecule has 2 rings (SSSR count). The Morgan fingerprint density at radius 3 is 1.96 bits per heavy atom. The lowest BCUT2D eigenvalue weighted by Gasteiger charge is -2.30. The van der Waals surface area contributed by atoms with Gasteiger partial charge in [0.25, 0.3) is 0 Å². The molecule has 1 atom stereocenters. The van der Waals surface area contributed by atoms with Crippen molar-refractivity contribution in [3.63, 3.8) is 0 Å². The molecule has 1 unspecified atom stereocenters. The Morgan fingerprint density at radius 2 is 1.48 bits per heavy atom. The summed E-state index contributed by atoms with van der Waals surface area (Å²) in [7, 11) is -5.12. The molecule has 0 aliphatic heterocycles. The van der Waals surface area contributed by atoms with Gasteiger partial charge in [0.05, 0.1) is 0 Å². The third-order valence-corrected chi connectivity index (χ3v) is 6.74. The summed E-state index contributed by atoms with van der Waals surface area (Å²) >= 11 is 3.69. The maximum absolute atomic E-state index is 8.96. The summed E-state index contributed by atoms with van der Waals surface area (Å²) in [5.41, 5.74) is 1.19. The molecule has 25 heavy (non-hydrogen) atoms. The maximum Gasteiger partial charge on any atom is 0.537 e. The predicted molar refractivity (Wildman–Crippen MR) is 108 cm³/mol. The predicted octanol–water partition coefficient (Wildman–Crippen LogP) is 2.81. The molecule has 0 heterocycles. The molecule has 5 nitrogen and oxygen atoms in total. The van der Waals surface area contributed by atoms with Crippen LogP contribution < -0.4 is 5.19 Å². The number of rotatable bonds is 7. The lowest BCUT2D eigenvalue weighted by molar-refractivity contribution is 0.0858. The molecule has 0 spiro atoms. The van der Waals surface area contributed by atoms with Crippen molar-refractivity contribution in [3.8, 4) is 0 Å². The van der Waals surface area contributed by atoms with Crippen LogP contribution in [0.3, 0.4) is 0 Å². The fourth-order valence-electron chi connectivity index (χ4n) is 2.69. The lowest BCUT2D eigenvalue weighted by Crippen LogP contribution is -2.57. The normalized spacial score (nSPS) is 12.5. The minimum Gasteiger partial charge on any atom is -0.370 e. The molecule has 1 N–H and O–H groups in total. The number of hydrogen-bond donors (Lipinski definition) is 2. The Balaban J connectivity index is 0.000000705. The molecule has 0 saturated heterocycles. The minimum absolute atomic E-state index is 0.582. The van der Waals surface area contributed by atoms with Crippen LogP contribution in [-0.4, -0.2) is 37.4 Å². The summed E-state index contributed by atoms with van der Waals surface area (Å²) in [6.45, 7) is 9.81. The fourth-order valence-corrected chi connectivity index (χ4v) is 5.43. The van der Waals surface area contributed by atoms with E-state index in [1.54, 1.807) is 0 Å². The topological polar surface area (TPSA) is 65.0 Å². The van der Waals surface area contributed by atoms with Crippen LogP contribution in [0.15, 0.2) is 36.4 Å². The van der Waals surface area contributed by atoms with Gasteiger partial charge in [-0.05, 0) is 44.0 Å². The van der Waals surface area contributed by atoms with Crippen LogP contribution in [0.1, 0.15) is 26.3 Å². The summed E-state index contributed by atoms with van der Waals surface area (Å²) in [4.78, 5) is 0. The zero-order chi connectivity index (χ0) is 18.9. The first kappa shape index (κ1) is 22.2. The molecule has 0 aromatic heterocycles. The Hall–Kier alpha value is -0.873. The Morgan fingerprint density at radius 1 is 1.00 bits per heavy atom. The molecule has 2 aromatic carbocycles. The van der Waals surface area contributed by atoms with E-state index < -0.39 is 18.4 Å². The highest BCUT2D eigenvalue weighted by Gasteiger charge is 2.44. The second kappa shape index (κ2) is 11.0. The summed E-state index contributed by atoms with van der Waals surface area (Å²) in [5, 5.41) is 3.53. The number of thiol groups is 1. The van der Waals surface area contributed by atoms with Crippen molar-refractivity contribution in [3.05, 3.63) is 42.0 Å². The largest absolute Gasteiger partial charge is 0.537 e. The first-order valence-corrected chi connectivity index (χ1v) is 12.1. The highest BCUT2D eigenvalue weighted by molar-refractivity contribution is 8.18. The van der Waals surface area contributed by atoms with Gasteiger partial charge < -0.3 is 17.8 Å². The van der Waals surface area contributed by atoms with Crippen LogP contribution >= 0.6 is 0 Å². The number of fused-ring (bicyclic) bond motifs is 1. The highest BCUT2D eigenvalue weighted by Crippen LogP contribution is 2.21. The van der Waals surface area contributed by atoms with E-state index in [1.165, 1.54) is 16.3 Å². The van der Waals surface area contributed by atoms with Crippen LogP contribution in [0.4, 0.5) is 0 Å². The molecule has 0 bridgehead atoms. The molecule has 0 aliphatic rings. The molecule has 0 saturated carbocycles. The standard InChI is InChI=1S/C17H24O3Si.H2O2S2/c1-5-18-21(19-6-2,20-7-3)17-13-12-15-10-8-9-11-16(15)14(17)4;1-4(2)3/h8-13H,5-7H2,1-4H3;4H,(H,1,2,3). The second-order valence-corrected chi connectivity index (χ2v) is 8.98. The van der Waals surface area contributed by atoms with E-state index in [4.69, 9.17) is 22.0 Å². The number of benzene rings is 2. The van der Waals surface area contributed by atoms with E-state index in [9.17, 15) is 0 Å². The summed E-state index contributed by atoms with van der Waals surface area (Å²) in [5.74, 6) is 0. The van der Waals surface area contributed by atoms with E-state index in [-0.39, 0.29) is 0 Å². The molecular weight excluding hydrogens is 376 g/mol. The van der Waals surface area contributed by atoms with Gasteiger partial charge in [-0.3, -0.25) is 0 Å². The maximum atomic E-state index is 8.96. The highest BCUT2D eigenvalue weighted by atomic mass is 32.8. The van der Waals surface area contributed by atoms with Crippen molar-refractivity contribution in [2.75, 3.05) is 19.8 Å². The van der Waals surface area contributed by atoms with Crippen molar-refractivity contribution >= 4 is 45.6 Å². The van der Waals surface area contributed by atoms with Crippen LogP contribution in [-0.2, 0) is 34.1 Å². The number of aryl methyl sites for hydroxylation is 1. The fraction of sp³-hybridized carbons (Fsp3) is 0.412. The zero-order valence-electron chi connectivity index (χ0n) is 15.0. The summed E-state index contributed by atoms with van der Waals surface area (Å²) in [6.07, 6.45) is 0. The Labute approximate surface area is 157 Å². The quantitative estimate of drug-likeness (QED) is 0.548. The second-order valence-electron chi connectivity index (χ2n) is 5.05. The van der Waals surface area contributed by atoms with Gasteiger partial charge >= 0.3 is 8.80 Å². The minimum atomic E-state index is -2.83. The van der Waals surface area contributed by atoms with Crippen LogP contribution in [0, 0.1) is 6.92 Å². The van der Waals surface area contributed by atoms with Crippen LogP contribution in [0.2, 0.25) is 0 Å². The van der Waals surface area contributed by atoms with Gasteiger partial charge in [-0.1, -0.05) is 36.4 Å². The van der Waals surface area contributed by atoms with Crippen LogP contribution in [0.25, 0.3) is 10.8 Å². The summed E-state index contributed by atoms with van der Waals surface area (Å²) in [6, 6.07) is 12.6. The molecule has 140 valence electrons. The number of hydrogen-bond acceptors (Lipinski definition) is 5. The van der Waals surface area contributed by atoms with E-state index in [2.05, 4.69) is 54.5 Å². The van der Waals surface area contributed by atoms with Gasteiger partial charge in [0.15, 0.2) is 0 Å². The van der Waals surface area contributed by atoms with Crippen molar-refractivity contribution in [1.29, 1.82) is 0 Å². The molecule has 0 radical (unpaired) electrons. The Kier molecular flexibility index (Phi) is 9.73. The van der Waals surface area contributed by atoms with E-state index >= 15 is 0 Å². The van der Waals surface area contributed by atoms with Crippen molar-refractivity contribution < 1.29 is 22.0 Å². The molecule has 0 aliphatic carbocycles. The SMILES string of the molecule is CCO[Si](OCC)(OCC)c1ccc2ccccc2c1C.O=[SH](O)=S. The lowest BCUT2D eigenvalue weighted by atomic mass is 10.1. The molecule has 8 heteroatoms. The van der Waals surface area contributed by atoms with Gasteiger partial charge in [-0.25, -0.2) is 4.21 Å². The molecule has 2 aromatic rings. The van der Waals surface area contributed by atoms with Gasteiger partial charge in [-0.15, -0.1) is 0 Å². The first-order valence-electron chi connectivity index (χ1n) is 8.15. The van der Waals surface area contributed by atoms with Gasteiger partial charge in [0.2, 0.25) is 0 Å². The zero-order valence-corrected chi connectivity index (χ0v) is 17.7. The first-order chi connectivity index (χ1) is 11.9. The van der Waals surface area contributed by atoms with Crippen molar-refractivity contribution in [1.82, 2.24) is 0 Å². The van der Waals surface area contributed by atoms with Gasteiger partial charge in [0, 0.05) is 36.2 Å². The average Bonchev–Trinajstić information content (AvgIpc) is 2.55. The smallest absolute Gasteiger partial charge is 0.370 e. The van der Waals surface area contributed by atoms with Gasteiger partial charge in [0.1, 0.15) is 9.64 Å². The molecule has 0 amide bonds. The van der Waals surface area contributed by atoms with Crippen LogP contribution in [0.5, 0.6) is 0 Å². The average molecular weight is 403 g/mol. The van der Waals surface area contributed by atoms with Crippen molar-refractivity contribution in [2.24, 2.45) is 0 Å². The third kappa shape index (κ3) is 6.10. The van der Waals surface area contributed by atoms with Gasteiger partial charge in [-0.2, -0.15) is 0 Å². The molecule has 0 fully saturated rings. The monoisotopic (exact) mass is 402 g/mol.